The van der Waals surface area contributed by atoms with Crippen LogP contribution in [0, 0.1) is 0 Å². The van der Waals surface area contributed by atoms with Gasteiger partial charge in [0.25, 0.3) is 0 Å². The van der Waals surface area contributed by atoms with Crippen LogP contribution >= 0.6 is 11.6 Å². The van der Waals surface area contributed by atoms with E-state index in [4.69, 9.17) is 16.6 Å². The zero-order chi connectivity index (χ0) is 22.2. The minimum Gasteiger partial charge on any atom is -0.364 e. The monoisotopic (exact) mass is 456 g/mol. The molecule has 0 saturated heterocycles. The van der Waals surface area contributed by atoms with Crippen molar-refractivity contribution in [3.8, 4) is 11.3 Å². The van der Waals surface area contributed by atoms with Crippen molar-refractivity contribution in [3.05, 3.63) is 77.3 Å². The van der Waals surface area contributed by atoms with E-state index in [1.807, 2.05) is 42.5 Å². The predicted molar refractivity (Wildman–Crippen MR) is 127 cm³/mol. The highest BCUT2D eigenvalue weighted by atomic mass is 35.5. The predicted octanol–water partition coefficient (Wildman–Crippen LogP) is 3.11. The molecule has 33 heavy (non-hydrogen) atoms. The summed E-state index contributed by atoms with van der Waals surface area (Å²) in [5.41, 5.74) is 14.2. The molecular formula is C22H17ClN10. The number of halogens is 1. The number of rotatable bonds is 5. The lowest BCUT2D eigenvalue weighted by Crippen LogP contribution is -2.35. The first-order valence-corrected chi connectivity index (χ1v) is 10.6. The van der Waals surface area contributed by atoms with E-state index in [1.54, 1.807) is 6.33 Å². The van der Waals surface area contributed by atoms with Crippen LogP contribution in [-0.2, 0) is 6.54 Å². The summed E-state index contributed by atoms with van der Waals surface area (Å²) in [6.07, 6.45) is 3.10. The van der Waals surface area contributed by atoms with Crippen LogP contribution < -0.4 is 21.8 Å². The Bertz CT molecular complexity index is 1530. The SMILES string of the molecule is Clc1cccc2cc(CNc3ncnc4[nH]cnc34)c(-c3ccccc3C3=NNNN3)nc12. The molecule has 11 heteroatoms. The van der Waals surface area contributed by atoms with E-state index in [2.05, 4.69) is 52.9 Å². The quantitative estimate of drug-likeness (QED) is 0.273. The molecular weight excluding hydrogens is 440 g/mol. The van der Waals surface area contributed by atoms with Gasteiger partial charge in [0.05, 0.1) is 22.6 Å². The Morgan fingerprint density at radius 2 is 1.85 bits per heavy atom. The molecule has 0 aliphatic carbocycles. The van der Waals surface area contributed by atoms with Crippen molar-refractivity contribution < 1.29 is 0 Å². The number of hydrazone groups is 1. The van der Waals surface area contributed by atoms with Crippen molar-refractivity contribution in [3.63, 3.8) is 0 Å². The van der Waals surface area contributed by atoms with Crippen molar-refractivity contribution in [2.75, 3.05) is 5.32 Å². The molecule has 0 atom stereocenters. The van der Waals surface area contributed by atoms with Gasteiger partial charge in [0.15, 0.2) is 17.3 Å². The number of amidine groups is 1. The van der Waals surface area contributed by atoms with Crippen molar-refractivity contribution in [1.82, 2.24) is 41.4 Å². The van der Waals surface area contributed by atoms with Gasteiger partial charge in [-0.1, -0.05) is 48.0 Å². The van der Waals surface area contributed by atoms with E-state index in [0.717, 1.165) is 33.3 Å². The van der Waals surface area contributed by atoms with Crippen LogP contribution in [-0.4, -0.2) is 30.8 Å². The lowest BCUT2D eigenvalue weighted by molar-refractivity contribution is 0.577. The Labute approximate surface area is 192 Å². The molecule has 0 saturated carbocycles. The van der Waals surface area contributed by atoms with Crippen LogP contribution in [0.25, 0.3) is 33.3 Å². The van der Waals surface area contributed by atoms with Gasteiger partial charge in [-0.2, -0.15) is 0 Å². The Hall–Kier alpha value is -4.28. The second kappa shape index (κ2) is 8.01. The molecule has 6 rings (SSSR count). The molecule has 10 nitrogen and oxygen atoms in total. The van der Waals surface area contributed by atoms with Crippen LogP contribution in [0.1, 0.15) is 11.1 Å². The number of nitrogens with zero attached hydrogens (tertiary/aromatic N) is 5. The molecule has 162 valence electrons. The number of nitrogens with one attached hydrogen (secondary N) is 5. The number of H-pyrrole nitrogens is 1. The fraction of sp³-hybridized carbons (Fsp3) is 0.0455. The van der Waals surface area contributed by atoms with Crippen molar-refractivity contribution in [2.45, 2.75) is 6.54 Å². The van der Waals surface area contributed by atoms with Crippen molar-refractivity contribution in [1.29, 1.82) is 0 Å². The summed E-state index contributed by atoms with van der Waals surface area (Å²) < 4.78 is 0. The first-order chi connectivity index (χ1) is 16.3. The fourth-order valence-electron chi connectivity index (χ4n) is 3.87. The molecule has 0 amide bonds. The van der Waals surface area contributed by atoms with E-state index in [-0.39, 0.29) is 0 Å². The van der Waals surface area contributed by atoms with Crippen LogP contribution in [0.4, 0.5) is 5.82 Å². The van der Waals surface area contributed by atoms with Crippen LogP contribution in [0.2, 0.25) is 5.02 Å². The maximum Gasteiger partial charge on any atom is 0.171 e. The standard InChI is InChI=1S/C22H17ClN10/c23-16-7-3-4-12-8-13(9-24-21-19-22(26-10-25-19)28-11-27-21)17(29-18(12)16)14-5-1-2-6-15(14)20-30-32-33-31-20/h1-8,10-11,32-33H,9H2,(H,30,31)(H2,24,25,26,27,28). The second-order valence-corrected chi connectivity index (χ2v) is 7.76. The summed E-state index contributed by atoms with van der Waals surface area (Å²) >= 11 is 6.50. The normalized spacial score (nSPS) is 13.1. The molecule has 0 spiro atoms. The van der Waals surface area contributed by atoms with Crippen LogP contribution in [0.15, 0.2) is 66.3 Å². The molecule has 5 aromatic rings. The van der Waals surface area contributed by atoms with Crippen LogP contribution in [0.3, 0.4) is 0 Å². The first-order valence-electron chi connectivity index (χ1n) is 10.2. The van der Waals surface area contributed by atoms with E-state index in [1.165, 1.54) is 6.33 Å². The number of aromatic nitrogens is 5. The Morgan fingerprint density at radius 3 is 2.73 bits per heavy atom. The van der Waals surface area contributed by atoms with Gasteiger partial charge in [-0.25, -0.2) is 25.5 Å². The minimum atomic E-state index is 0.467. The maximum atomic E-state index is 6.50. The minimum absolute atomic E-state index is 0.467. The molecule has 5 N–H and O–H groups in total. The van der Waals surface area contributed by atoms with Gasteiger partial charge in [-0.15, -0.1) is 10.6 Å². The Balaban J connectivity index is 1.49. The number of hydrogen-bond acceptors (Lipinski definition) is 9. The number of hydrogen-bond donors (Lipinski definition) is 5. The second-order valence-electron chi connectivity index (χ2n) is 7.35. The molecule has 1 aliphatic heterocycles. The zero-order valence-corrected chi connectivity index (χ0v) is 17.9. The average Bonchev–Trinajstić information content (AvgIpc) is 3.55. The number of benzene rings is 2. The summed E-state index contributed by atoms with van der Waals surface area (Å²) in [6, 6.07) is 15.8. The molecule has 2 aromatic carbocycles. The summed E-state index contributed by atoms with van der Waals surface area (Å²) in [7, 11) is 0. The van der Waals surface area contributed by atoms with Gasteiger partial charge in [0.1, 0.15) is 11.8 Å². The van der Waals surface area contributed by atoms with Crippen molar-refractivity contribution in [2.24, 2.45) is 5.10 Å². The maximum absolute atomic E-state index is 6.50. The summed E-state index contributed by atoms with van der Waals surface area (Å²) in [5.74, 6) is 1.31. The molecule has 0 bridgehead atoms. The zero-order valence-electron chi connectivity index (χ0n) is 17.1. The smallest absolute Gasteiger partial charge is 0.171 e. The van der Waals surface area contributed by atoms with Gasteiger partial charge in [0, 0.05) is 23.1 Å². The average molecular weight is 457 g/mol. The molecule has 0 radical (unpaired) electrons. The number of fused-ring (bicyclic) bond motifs is 2. The third-order valence-corrected chi connectivity index (χ3v) is 5.69. The third kappa shape index (κ3) is 3.47. The lowest BCUT2D eigenvalue weighted by atomic mass is 9.98. The highest BCUT2D eigenvalue weighted by Gasteiger charge is 2.19. The van der Waals surface area contributed by atoms with Crippen molar-refractivity contribution >= 4 is 45.3 Å². The summed E-state index contributed by atoms with van der Waals surface area (Å²) in [5, 5.41) is 9.21. The van der Waals surface area contributed by atoms with E-state index < -0.39 is 0 Å². The first kappa shape index (κ1) is 19.4. The number of aromatic amines is 1. The molecule has 3 aromatic heterocycles. The highest BCUT2D eigenvalue weighted by Crippen LogP contribution is 2.32. The number of pyridine rings is 1. The number of imidazole rings is 1. The fourth-order valence-corrected chi connectivity index (χ4v) is 4.09. The number of anilines is 1. The summed E-state index contributed by atoms with van der Waals surface area (Å²) in [4.78, 5) is 20.9. The van der Waals surface area contributed by atoms with Gasteiger partial charge in [-0.05, 0) is 17.7 Å². The van der Waals surface area contributed by atoms with Gasteiger partial charge < -0.3 is 10.3 Å². The molecule has 4 heterocycles. The Kier molecular flexibility index (Phi) is 4.71. The van der Waals surface area contributed by atoms with Crippen LogP contribution in [0.5, 0.6) is 0 Å². The van der Waals surface area contributed by atoms with Gasteiger partial charge in [-0.3, -0.25) is 5.43 Å². The van der Waals surface area contributed by atoms with E-state index in [9.17, 15) is 0 Å². The Morgan fingerprint density at radius 1 is 0.939 bits per heavy atom. The number of para-hydroxylation sites is 1. The molecule has 1 aliphatic rings. The largest absolute Gasteiger partial charge is 0.364 e. The van der Waals surface area contributed by atoms with Gasteiger partial charge in [0.2, 0.25) is 0 Å². The third-order valence-electron chi connectivity index (χ3n) is 5.38. The molecule has 0 fully saturated rings. The molecule has 0 unspecified atom stereocenters. The van der Waals surface area contributed by atoms with Gasteiger partial charge >= 0.3 is 0 Å². The number of hydrazine groups is 2. The summed E-state index contributed by atoms with van der Waals surface area (Å²) in [6.45, 7) is 0.467. The highest BCUT2D eigenvalue weighted by molar-refractivity contribution is 6.35. The van der Waals surface area contributed by atoms with E-state index >= 15 is 0 Å². The topological polar surface area (TPSA) is 128 Å². The lowest BCUT2D eigenvalue weighted by Gasteiger charge is -2.15. The van der Waals surface area contributed by atoms with E-state index in [0.29, 0.717) is 34.4 Å².